The number of hydrogen-bond donors (Lipinski definition) is 2. The fraction of sp³-hybridized carbons (Fsp3) is 0.400. The SMILES string of the molecule is COC(C)C.N=[S-](F)=[W].O=C(NCC(=O)N1CC(F)(F)C[C]1=[V])c1ccnc2ccccc12. The third-order valence-corrected chi connectivity index (χ3v) is 4.81. The molecule has 1 fully saturated rings. The molecule has 1 saturated heterocycles. The summed E-state index contributed by atoms with van der Waals surface area (Å²) in [5, 5.41) is 3.16. The number of pyridine rings is 1. The van der Waals surface area contributed by atoms with Gasteiger partial charge in [0.25, 0.3) is 0 Å². The average Bonchev–Trinajstić information content (AvgIpc) is 3.03. The standard InChI is InChI=1S/C16H13F2N3O2.C4H10O.FHNS.V.W/c17-16(18)6-8-21(10-16)14(22)9-20-15(23)12-5-7-19-13-4-2-1-3-11(12)13;1-4(2)5-3;1-3-2;;/h1-5,7H,6,9-10H2,(H,20,23);4H,1-3H3;2H;;/q;;+1;;-2. The number of ether oxygens (including phenoxy) is 1. The molecule has 33 heavy (non-hydrogen) atoms. The molecular weight excluding hydrogens is 668 g/mol. The Bertz CT molecular complexity index is 1060. The number of alkyl halides is 2. The summed E-state index contributed by atoms with van der Waals surface area (Å²) in [4.78, 5) is 29.6. The first-order valence-electron chi connectivity index (χ1n) is 9.55. The number of nitrogens with one attached hydrogen (secondary N) is 2. The van der Waals surface area contributed by atoms with Gasteiger partial charge < -0.3 is 4.74 Å². The Hall–Kier alpha value is -1.39. The zero-order valence-corrected chi connectivity index (χ0v) is 23.3. The van der Waals surface area contributed by atoms with Crippen LogP contribution < -0.4 is 5.32 Å². The summed E-state index contributed by atoms with van der Waals surface area (Å²) in [5.74, 6) is -3.92. The number of carbonyl (C=O) groups excluding carboxylic acids is 2. The number of nitrogens with zero attached hydrogens (tertiary/aromatic N) is 2. The van der Waals surface area contributed by atoms with Gasteiger partial charge in [-0.05, 0) is 13.8 Å². The molecule has 3 rings (SSSR count). The van der Waals surface area contributed by atoms with E-state index in [9.17, 15) is 22.3 Å². The van der Waals surface area contributed by atoms with Gasteiger partial charge in [0, 0.05) is 7.11 Å². The molecule has 181 valence electrons. The van der Waals surface area contributed by atoms with Crippen LogP contribution in [0.5, 0.6) is 0 Å². The van der Waals surface area contributed by atoms with E-state index in [4.69, 9.17) is 9.52 Å². The second kappa shape index (κ2) is 14.1. The molecule has 0 atom stereocenters. The van der Waals surface area contributed by atoms with E-state index in [0.29, 0.717) is 40.6 Å². The second-order valence-corrected chi connectivity index (χ2v) is 11.4. The summed E-state index contributed by atoms with van der Waals surface area (Å²) in [7, 11) is 0.171. The first-order valence-corrected chi connectivity index (χ1v) is 14.9. The molecule has 1 aliphatic rings. The minimum absolute atomic E-state index is 0.251. The summed E-state index contributed by atoms with van der Waals surface area (Å²) in [6.07, 6.45) is 1.44. The molecule has 0 bridgehead atoms. The summed E-state index contributed by atoms with van der Waals surface area (Å²) in [6, 6.07) is 8.69. The van der Waals surface area contributed by atoms with Crippen LogP contribution in [0.2, 0.25) is 0 Å². The summed E-state index contributed by atoms with van der Waals surface area (Å²) < 4.78 is 48.4. The monoisotopic (exact) mass is 692 g/mol. The second-order valence-electron chi connectivity index (χ2n) is 7.00. The topological polar surface area (TPSA) is 95.4 Å². The van der Waals surface area contributed by atoms with Crippen LogP contribution in [0.3, 0.4) is 0 Å². The predicted molar refractivity (Wildman–Crippen MR) is 114 cm³/mol. The van der Waals surface area contributed by atoms with Crippen molar-refractivity contribution in [2.24, 2.45) is 0 Å². The fourth-order valence-electron chi connectivity index (χ4n) is 2.58. The van der Waals surface area contributed by atoms with Gasteiger partial charge in [0.05, 0.1) is 6.10 Å². The molecule has 13 heteroatoms. The van der Waals surface area contributed by atoms with E-state index in [1.807, 2.05) is 36.9 Å². The van der Waals surface area contributed by atoms with Crippen molar-refractivity contribution in [3.05, 3.63) is 42.1 Å². The van der Waals surface area contributed by atoms with E-state index < -0.39 is 39.0 Å². The Morgan fingerprint density at radius 1 is 1.36 bits per heavy atom. The van der Waals surface area contributed by atoms with Crippen molar-refractivity contribution < 1.29 is 62.0 Å². The van der Waals surface area contributed by atoms with Crippen LogP contribution in [-0.4, -0.2) is 58.3 Å². The minimum atomic E-state index is -2.91. The van der Waals surface area contributed by atoms with E-state index in [1.54, 1.807) is 31.4 Å². The van der Waals surface area contributed by atoms with Crippen LogP contribution >= 0.6 is 0 Å². The van der Waals surface area contributed by atoms with Gasteiger partial charge in [-0.15, -0.1) is 0 Å². The maximum absolute atomic E-state index is 13.3. The number of amides is 2. The number of carbonyl (C=O) groups is 2. The van der Waals surface area contributed by atoms with E-state index >= 15 is 0 Å². The van der Waals surface area contributed by atoms with Crippen LogP contribution in [0.15, 0.2) is 36.5 Å². The summed E-state index contributed by atoms with van der Waals surface area (Å²) in [5.41, 5.74) is 1.05. The van der Waals surface area contributed by atoms with Crippen molar-refractivity contribution in [2.75, 3.05) is 20.2 Å². The molecule has 2 amide bonds. The van der Waals surface area contributed by atoms with E-state index in [-0.39, 0.29) is 10.9 Å². The quantitative estimate of drug-likeness (QED) is 0.482. The van der Waals surface area contributed by atoms with Gasteiger partial charge in [0.2, 0.25) is 0 Å². The fourth-order valence-corrected chi connectivity index (χ4v) is 3.22. The molecule has 1 aromatic carbocycles. The van der Waals surface area contributed by atoms with Crippen LogP contribution in [0.4, 0.5) is 12.7 Å². The maximum atomic E-state index is 13.3. The zero-order chi connectivity index (χ0) is 25.2. The molecule has 0 saturated carbocycles. The molecule has 0 aliphatic carbocycles. The number of methoxy groups -OCH3 is 1. The van der Waals surface area contributed by atoms with Crippen LogP contribution in [0.1, 0.15) is 30.6 Å². The molecule has 2 aromatic rings. The number of benzene rings is 1. The number of fused-ring (bicyclic) bond motifs is 1. The summed E-state index contributed by atoms with van der Waals surface area (Å²) in [6.45, 7) is 3.01. The molecule has 1 aliphatic heterocycles. The molecule has 0 spiro atoms. The Labute approximate surface area is 211 Å². The molecular formula is C20H24F3N4O3SVW-. The number of aromatic nitrogens is 1. The molecule has 2 heterocycles. The van der Waals surface area contributed by atoms with Crippen molar-refractivity contribution in [1.29, 1.82) is 4.78 Å². The summed E-state index contributed by atoms with van der Waals surface area (Å²) >= 11 is 2.70. The number of hydrogen-bond acceptors (Lipinski definition) is 6. The number of likely N-dealkylation sites (tertiary alicyclic amines) is 1. The van der Waals surface area contributed by atoms with Crippen LogP contribution in [0, 0.1) is 4.78 Å². The van der Waals surface area contributed by atoms with Gasteiger partial charge >= 0.3 is 180 Å². The van der Waals surface area contributed by atoms with Crippen molar-refractivity contribution >= 4 is 35.3 Å². The molecule has 1 aromatic heterocycles. The van der Waals surface area contributed by atoms with Crippen molar-refractivity contribution in [1.82, 2.24) is 15.2 Å². The zero-order valence-electron chi connectivity index (χ0n) is 18.2. The first kappa shape index (κ1) is 29.6. The van der Waals surface area contributed by atoms with Crippen LogP contribution in [0.25, 0.3) is 10.9 Å². The molecule has 2 N–H and O–H groups in total. The van der Waals surface area contributed by atoms with Gasteiger partial charge in [-0.1, -0.05) is 0 Å². The first-order chi connectivity index (χ1) is 15.4. The van der Waals surface area contributed by atoms with Gasteiger partial charge in [-0.3, -0.25) is 0 Å². The Morgan fingerprint density at radius 3 is 2.45 bits per heavy atom. The van der Waals surface area contributed by atoms with Gasteiger partial charge in [0.1, 0.15) is 0 Å². The van der Waals surface area contributed by atoms with E-state index in [1.165, 1.54) is 6.20 Å². The number of halogens is 3. The number of rotatable bonds is 4. The van der Waals surface area contributed by atoms with Crippen molar-refractivity contribution in [3.8, 4) is 0 Å². The third-order valence-electron chi connectivity index (χ3n) is 4.18. The van der Waals surface area contributed by atoms with Gasteiger partial charge in [0.15, 0.2) is 0 Å². The van der Waals surface area contributed by atoms with Crippen LogP contribution in [-0.2, 0) is 52.8 Å². The molecule has 7 nitrogen and oxygen atoms in total. The third kappa shape index (κ3) is 10.6. The Balaban J connectivity index is 0.000000517. The molecule has 0 unspecified atom stereocenters. The van der Waals surface area contributed by atoms with E-state index in [0.717, 1.165) is 4.90 Å². The average molecular weight is 692 g/mol. The Morgan fingerprint density at radius 2 is 1.94 bits per heavy atom. The number of para-hydroxylation sites is 1. The predicted octanol–water partition coefficient (Wildman–Crippen LogP) is 3.26. The van der Waals surface area contributed by atoms with Crippen molar-refractivity contribution in [2.45, 2.75) is 32.3 Å². The van der Waals surface area contributed by atoms with Gasteiger partial charge in [-0.2, -0.15) is 0 Å². The van der Waals surface area contributed by atoms with E-state index in [2.05, 4.69) is 10.3 Å². The van der Waals surface area contributed by atoms with Crippen molar-refractivity contribution in [3.63, 3.8) is 0 Å². The molecule has 0 radical (unpaired) electrons. The Kier molecular flexibility index (Phi) is 12.7. The normalized spacial score (nSPS) is 14.4. The van der Waals surface area contributed by atoms with Gasteiger partial charge in [-0.25, -0.2) is 0 Å².